The van der Waals surface area contributed by atoms with Crippen LogP contribution in [0.2, 0.25) is 0 Å². The lowest BCUT2D eigenvalue weighted by Gasteiger charge is -2.42. The molecule has 0 aliphatic carbocycles. The van der Waals surface area contributed by atoms with Gasteiger partial charge in [-0.1, -0.05) is 18.2 Å². The normalized spacial score (nSPS) is 21.1. The minimum Gasteiger partial charge on any atom is -0.373 e. The number of morpholine rings is 1. The van der Waals surface area contributed by atoms with E-state index in [2.05, 4.69) is 4.90 Å². The van der Waals surface area contributed by atoms with Gasteiger partial charge in [-0.3, -0.25) is 4.90 Å². The van der Waals surface area contributed by atoms with Gasteiger partial charge in [0, 0.05) is 31.2 Å². The predicted octanol–water partition coefficient (Wildman–Crippen LogP) is 2.73. The van der Waals surface area contributed by atoms with E-state index in [-0.39, 0.29) is 17.2 Å². The van der Waals surface area contributed by atoms with E-state index in [0.717, 1.165) is 18.7 Å². The van der Waals surface area contributed by atoms with Gasteiger partial charge < -0.3 is 10.5 Å². The molecule has 1 atom stereocenters. The molecule has 0 saturated carbocycles. The monoisotopic (exact) mass is 284 g/mol. The summed E-state index contributed by atoms with van der Waals surface area (Å²) in [4.78, 5) is 2.22. The Hall–Kier alpha value is -1.04. The first kappa shape index (κ1) is 15.4. The van der Waals surface area contributed by atoms with Crippen molar-refractivity contribution < 1.29 is 13.5 Å². The fourth-order valence-corrected chi connectivity index (χ4v) is 2.72. The molecule has 2 N–H and O–H groups in total. The zero-order valence-electron chi connectivity index (χ0n) is 12.0. The Morgan fingerprint density at radius 2 is 2.05 bits per heavy atom. The van der Waals surface area contributed by atoms with Gasteiger partial charge in [-0.15, -0.1) is 0 Å². The van der Waals surface area contributed by atoms with Crippen molar-refractivity contribution in [2.45, 2.75) is 31.9 Å². The number of nitrogens with two attached hydrogens (primary N) is 1. The second kappa shape index (κ2) is 6.16. The van der Waals surface area contributed by atoms with Crippen molar-refractivity contribution in [1.82, 2.24) is 4.90 Å². The molecule has 1 heterocycles. The summed E-state index contributed by atoms with van der Waals surface area (Å²) in [5.41, 5.74) is 6.55. The van der Waals surface area contributed by atoms with Crippen LogP contribution in [-0.4, -0.2) is 36.7 Å². The van der Waals surface area contributed by atoms with E-state index < -0.39 is 6.43 Å². The number of nitrogens with zero attached hydrogens (tertiary/aromatic N) is 1. The molecule has 2 rings (SSSR count). The molecular weight excluding hydrogens is 262 g/mol. The van der Waals surface area contributed by atoms with Crippen molar-refractivity contribution in [2.75, 3.05) is 26.2 Å². The summed E-state index contributed by atoms with van der Waals surface area (Å²) in [6, 6.07) is 6.50. The topological polar surface area (TPSA) is 38.5 Å². The van der Waals surface area contributed by atoms with Crippen molar-refractivity contribution in [1.29, 1.82) is 0 Å². The molecule has 1 aliphatic rings. The van der Waals surface area contributed by atoms with Crippen molar-refractivity contribution >= 4 is 0 Å². The Bertz CT molecular complexity index is 451. The van der Waals surface area contributed by atoms with Crippen molar-refractivity contribution in [3.05, 3.63) is 35.4 Å². The first-order valence-electron chi connectivity index (χ1n) is 6.89. The van der Waals surface area contributed by atoms with Crippen LogP contribution in [0, 0.1) is 0 Å². The first-order valence-corrected chi connectivity index (χ1v) is 6.89. The van der Waals surface area contributed by atoms with E-state index >= 15 is 0 Å². The highest BCUT2D eigenvalue weighted by atomic mass is 19.3. The fraction of sp³-hybridized carbons (Fsp3) is 0.600. The van der Waals surface area contributed by atoms with Crippen LogP contribution in [0.1, 0.15) is 37.4 Å². The summed E-state index contributed by atoms with van der Waals surface area (Å²) in [5.74, 6) is 0. The SMILES string of the molecule is CC1(C)CN(C(CN)c2cccc(C(F)F)c2)CCO1. The van der Waals surface area contributed by atoms with Crippen LogP contribution in [0.5, 0.6) is 0 Å². The Labute approximate surface area is 118 Å². The molecule has 5 heteroatoms. The molecule has 3 nitrogen and oxygen atoms in total. The number of benzene rings is 1. The van der Waals surface area contributed by atoms with Crippen molar-refractivity contribution in [3.63, 3.8) is 0 Å². The van der Waals surface area contributed by atoms with E-state index in [4.69, 9.17) is 10.5 Å². The maximum absolute atomic E-state index is 12.8. The van der Waals surface area contributed by atoms with Gasteiger partial charge in [-0.2, -0.15) is 0 Å². The Morgan fingerprint density at radius 1 is 1.35 bits per heavy atom. The maximum atomic E-state index is 12.8. The van der Waals surface area contributed by atoms with Crippen LogP contribution in [0.15, 0.2) is 24.3 Å². The largest absolute Gasteiger partial charge is 0.373 e. The predicted molar refractivity (Wildman–Crippen MR) is 74.8 cm³/mol. The van der Waals surface area contributed by atoms with E-state index in [9.17, 15) is 8.78 Å². The summed E-state index contributed by atoms with van der Waals surface area (Å²) in [5, 5.41) is 0. The summed E-state index contributed by atoms with van der Waals surface area (Å²) >= 11 is 0. The molecule has 1 aromatic carbocycles. The van der Waals surface area contributed by atoms with Crippen LogP contribution in [0.4, 0.5) is 8.78 Å². The summed E-state index contributed by atoms with van der Waals surface area (Å²) in [7, 11) is 0. The molecule has 20 heavy (non-hydrogen) atoms. The quantitative estimate of drug-likeness (QED) is 0.924. The molecule has 0 bridgehead atoms. The van der Waals surface area contributed by atoms with Crippen LogP contribution in [-0.2, 0) is 4.74 Å². The van der Waals surface area contributed by atoms with Gasteiger partial charge in [0.25, 0.3) is 6.43 Å². The highest BCUT2D eigenvalue weighted by Crippen LogP contribution is 2.28. The van der Waals surface area contributed by atoms with E-state index in [1.54, 1.807) is 12.1 Å². The van der Waals surface area contributed by atoms with Gasteiger partial charge in [0.05, 0.1) is 12.2 Å². The van der Waals surface area contributed by atoms with E-state index in [1.165, 1.54) is 6.07 Å². The third-order valence-electron chi connectivity index (χ3n) is 3.67. The number of hydrogen-bond donors (Lipinski definition) is 1. The lowest BCUT2D eigenvalue weighted by Crippen LogP contribution is -2.50. The van der Waals surface area contributed by atoms with Gasteiger partial charge >= 0.3 is 0 Å². The molecule has 1 aromatic rings. The third-order valence-corrected chi connectivity index (χ3v) is 3.67. The Kier molecular flexibility index (Phi) is 4.73. The minimum atomic E-state index is -2.45. The lowest BCUT2D eigenvalue weighted by molar-refractivity contribution is -0.0967. The second-order valence-corrected chi connectivity index (χ2v) is 5.80. The molecule has 1 fully saturated rings. The van der Waals surface area contributed by atoms with Gasteiger partial charge in [0.1, 0.15) is 0 Å². The van der Waals surface area contributed by atoms with Crippen LogP contribution in [0.3, 0.4) is 0 Å². The van der Waals surface area contributed by atoms with Crippen LogP contribution >= 0.6 is 0 Å². The van der Waals surface area contributed by atoms with Crippen molar-refractivity contribution in [3.8, 4) is 0 Å². The van der Waals surface area contributed by atoms with Gasteiger partial charge in [-0.05, 0) is 25.5 Å². The summed E-state index contributed by atoms with van der Waals surface area (Å²) in [6.07, 6.45) is -2.45. The van der Waals surface area contributed by atoms with Crippen LogP contribution in [0.25, 0.3) is 0 Å². The van der Waals surface area contributed by atoms with E-state index in [1.807, 2.05) is 19.9 Å². The molecule has 0 aromatic heterocycles. The first-order chi connectivity index (χ1) is 9.43. The molecule has 0 radical (unpaired) electrons. The highest BCUT2D eigenvalue weighted by molar-refractivity contribution is 5.27. The van der Waals surface area contributed by atoms with Gasteiger partial charge in [0.15, 0.2) is 0 Å². The fourth-order valence-electron chi connectivity index (χ4n) is 2.72. The summed E-state index contributed by atoms with van der Waals surface area (Å²) in [6.45, 7) is 6.61. The average molecular weight is 284 g/mol. The summed E-state index contributed by atoms with van der Waals surface area (Å²) < 4.78 is 31.3. The number of hydrogen-bond acceptors (Lipinski definition) is 3. The molecule has 1 unspecified atom stereocenters. The molecule has 112 valence electrons. The Morgan fingerprint density at radius 3 is 2.65 bits per heavy atom. The van der Waals surface area contributed by atoms with Gasteiger partial charge in [-0.25, -0.2) is 8.78 Å². The standard InChI is InChI=1S/C15H22F2N2O/c1-15(2)10-19(6-7-20-15)13(9-18)11-4-3-5-12(8-11)14(16)17/h3-5,8,13-14H,6-7,9-10,18H2,1-2H3. The smallest absolute Gasteiger partial charge is 0.263 e. The number of halogens is 2. The molecule has 1 saturated heterocycles. The molecule has 0 spiro atoms. The zero-order valence-corrected chi connectivity index (χ0v) is 12.0. The molecule has 1 aliphatic heterocycles. The van der Waals surface area contributed by atoms with Crippen LogP contribution < -0.4 is 5.73 Å². The average Bonchev–Trinajstić information content (AvgIpc) is 2.39. The van der Waals surface area contributed by atoms with Crippen molar-refractivity contribution in [2.24, 2.45) is 5.73 Å². The number of rotatable bonds is 4. The zero-order chi connectivity index (χ0) is 14.8. The highest BCUT2D eigenvalue weighted by Gasteiger charge is 2.31. The number of alkyl halides is 2. The lowest BCUT2D eigenvalue weighted by atomic mass is 9.99. The third kappa shape index (κ3) is 3.53. The second-order valence-electron chi connectivity index (χ2n) is 5.80. The molecule has 0 amide bonds. The minimum absolute atomic E-state index is 0.0446. The van der Waals surface area contributed by atoms with E-state index in [0.29, 0.717) is 13.2 Å². The Balaban J connectivity index is 2.21. The van der Waals surface area contributed by atoms with Gasteiger partial charge in [0.2, 0.25) is 0 Å². The number of ether oxygens (including phenoxy) is 1. The molecular formula is C15H22F2N2O. The maximum Gasteiger partial charge on any atom is 0.263 e.